The normalized spacial score (nSPS) is 21.2. The van der Waals surface area contributed by atoms with Crippen LogP contribution in [0, 0.1) is 0 Å². The van der Waals surface area contributed by atoms with Crippen LogP contribution in [0.25, 0.3) is 5.57 Å². The molecular formula is C14H11N3O2S. The first-order valence-corrected chi connectivity index (χ1v) is 6.78. The second-order valence-corrected chi connectivity index (χ2v) is 5.31. The Morgan fingerprint density at radius 2 is 2.10 bits per heavy atom. The third-order valence-electron chi connectivity index (χ3n) is 3.07. The Labute approximate surface area is 119 Å². The molecule has 6 heteroatoms. The standard InChI is InChI=1S/C14H11N3O2S/c1-2-7-17-9-6-4-3-5-8(9)10(13(17)19)11-12(18)16-14(15)20-11/h2-6H,1,7H2,(H2,15,16,18)/b11-10-. The van der Waals surface area contributed by atoms with E-state index in [2.05, 4.69) is 11.6 Å². The van der Waals surface area contributed by atoms with Crippen LogP contribution in [0.2, 0.25) is 0 Å². The highest BCUT2D eigenvalue weighted by Gasteiger charge is 2.37. The summed E-state index contributed by atoms with van der Waals surface area (Å²) < 4.78 is 0. The second-order valence-electron chi connectivity index (χ2n) is 4.28. The van der Waals surface area contributed by atoms with E-state index in [0.717, 1.165) is 23.0 Å². The average molecular weight is 285 g/mol. The van der Waals surface area contributed by atoms with Crippen LogP contribution in [-0.4, -0.2) is 23.5 Å². The van der Waals surface area contributed by atoms with Crippen molar-refractivity contribution in [2.24, 2.45) is 10.7 Å². The summed E-state index contributed by atoms with van der Waals surface area (Å²) in [7, 11) is 0. The molecule has 20 heavy (non-hydrogen) atoms. The molecule has 0 saturated heterocycles. The number of amides is 2. The van der Waals surface area contributed by atoms with Gasteiger partial charge in [0.05, 0.1) is 16.2 Å². The molecule has 2 aliphatic rings. The summed E-state index contributed by atoms with van der Waals surface area (Å²) >= 11 is 1.04. The van der Waals surface area contributed by atoms with E-state index in [1.165, 1.54) is 0 Å². The van der Waals surface area contributed by atoms with Gasteiger partial charge in [0.2, 0.25) is 0 Å². The van der Waals surface area contributed by atoms with Gasteiger partial charge >= 0.3 is 0 Å². The number of nitrogens with two attached hydrogens (primary N) is 1. The van der Waals surface area contributed by atoms with E-state index in [4.69, 9.17) is 5.73 Å². The van der Waals surface area contributed by atoms with Gasteiger partial charge in [-0.2, -0.15) is 4.99 Å². The summed E-state index contributed by atoms with van der Waals surface area (Å²) in [5.41, 5.74) is 7.45. The molecule has 2 amide bonds. The fraction of sp³-hybridized carbons (Fsp3) is 0.0714. The number of benzene rings is 1. The third kappa shape index (κ3) is 1.77. The molecule has 2 heterocycles. The van der Waals surface area contributed by atoms with Gasteiger partial charge in [-0.1, -0.05) is 24.3 Å². The summed E-state index contributed by atoms with van der Waals surface area (Å²) in [6.07, 6.45) is 1.65. The van der Waals surface area contributed by atoms with Crippen molar-refractivity contribution in [1.29, 1.82) is 0 Å². The number of nitrogens with zero attached hydrogens (tertiary/aromatic N) is 2. The van der Waals surface area contributed by atoms with Crippen molar-refractivity contribution in [1.82, 2.24) is 0 Å². The molecule has 5 nitrogen and oxygen atoms in total. The molecule has 0 atom stereocenters. The highest BCUT2D eigenvalue weighted by molar-refractivity contribution is 8.18. The Morgan fingerprint density at radius 1 is 1.35 bits per heavy atom. The number of carbonyl (C=O) groups is 2. The van der Waals surface area contributed by atoms with Crippen LogP contribution in [0.3, 0.4) is 0 Å². The van der Waals surface area contributed by atoms with E-state index in [1.807, 2.05) is 24.3 Å². The number of carbonyl (C=O) groups excluding carboxylic acids is 2. The lowest BCUT2D eigenvalue weighted by Crippen LogP contribution is -2.26. The zero-order chi connectivity index (χ0) is 14.3. The van der Waals surface area contributed by atoms with Gasteiger partial charge in [0, 0.05) is 12.1 Å². The van der Waals surface area contributed by atoms with Crippen molar-refractivity contribution in [3.05, 3.63) is 47.4 Å². The van der Waals surface area contributed by atoms with Gasteiger partial charge in [-0.25, -0.2) is 0 Å². The van der Waals surface area contributed by atoms with Crippen molar-refractivity contribution in [3.8, 4) is 0 Å². The molecule has 2 aliphatic heterocycles. The van der Waals surface area contributed by atoms with Crippen LogP contribution < -0.4 is 10.6 Å². The Hall–Kier alpha value is -2.34. The molecule has 0 unspecified atom stereocenters. The van der Waals surface area contributed by atoms with Gasteiger partial charge in [0.25, 0.3) is 11.8 Å². The highest BCUT2D eigenvalue weighted by atomic mass is 32.2. The van der Waals surface area contributed by atoms with Crippen molar-refractivity contribution in [2.45, 2.75) is 0 Å². The van der Waals surface area contributed by atoms with Gasteiger partial charge in [0.15, 0.2) is 5.17 Å². The number of rotatable bonds is 2. The van der Waals surface area contributed by atoms with E-state index in [9.17, 15) is 9.59 Å². The zero-order valence-corrected chi connectivity index (χ0v) is 11.3. The minimum Gasteiger partial charge on any atom is -0.378 e. The number of hydrogen-bond acceptors (Lipinski definition) is 4. The Bertz CT molecular complexity index is 706. The van der Waals surface area contributed by atoms with Gasteiger partial charge in [0.1, 0.15) is 0 Å². The lowest BCUT2D eigenvalue weighted by atomic mass is 10.1. The largest absolute Gasteiger partial charge is 0.378 e. The molecule has 0 aromatic heterocycles. The van der Waals surface area contributed by atoms with E-state index in [1.54, 1.807) is 11.0 Å². The summed E-state index contributed by atoms with van der Waals surface area (Å²) in [4.78, 5) is 30.0. The van der Waals surface area contributed by atoms with E-state index in [0.29, 0.717) is 17.0 Å². The molecule has 2 N–H and O–H groups in total. The van der Waals surface area contributed by atoms with Gasteiger partial charge in [-0.3, -0.25) is 9.59 Å². The maximum absolute atomic E-state index is 12.6. The molecule has 1 aromatic carbocycles. The predicted octanol–water partition coefficient (Wildman–Crippen LogP) is 1.52. The van der Waals surface area contributed by atoms with E-state index < -0.39 is 5.91 Å². The predicted molar refractivity (Wildman–Crippen MR) is 80.1 cm³/mol. The number of thioether (sulfide) groups is 1. The molecule has 0 radical (unpaired) electrons. The monoisotopic (exact) mass is 285 g/mol. The molecule has 1 aromatic rings. The number of para-hydroxylation sites is 1. The van der Waals surface area contributed by atoms with E-state index >= 15 is 0 Å². The van der Waals surface area contributed by atoms with Crippen molar-refractivity contribution >= 4 is 40.0 Å². The average Bonchev–Trinajstić information content (AvgIpc) is 2.88. The number of amidine groups is 1. The lowest BCUT2D eigenvalue weighted by molar-refractivity contribution is -0.115. The van der Waals surface area contributed by atoms with Crippen LogP contribution >= 0.6 is 11.8 Å². The van der Waals surface area contributed by atoms with Gasteiger partial charge in [-0.15, -0.1) is 6.58 Å². The zero-order valence-electron chi connectivity index (χ0n) is 10.5. The summed E-state index contributed by atoms with van der Waals surface area (Å²) in [5.74, 6) is -0.669. The van der Waals surface area contributed by atoms with Crippen LogP contribution in [0.5, 0.6) is 0 Å². The molecule has 0 bridgehead atoms. The summed E-state index contributed by atoms with van der Waals surface area (Å²) in [6, 6.07) is 7.35. The Morgan fingerprint density at radius 3 is 2.75 bits per heavy atom. The number of fused-ring (bicyclic) bond motifs is 1. The maximum Gasteiger partial charge on any atom is 0.287 e. The van der Waals surface area contributed by atoms with Crippen LogP contribution in [0.15, 0.2) is 46.8 Å². The van der Waals surface area contributed by atoms with Crippen molar-refractivity contribution in [3.63, 3.8) is 0 Å². The first-order chi connectivity index (χ1) is 9.63. The van der Waals surface area contributed by atoms with Crippen molar-refractivity contribution < 1.29 is 9.59 Å². The smallest absolute Gasteiger partial charge is 0.287 e. The number of hydrogen-bond donors (Lipinski definition) is 1. The van der Waals surface area contributed by atoms with Crippen molar-refractivity contribution in [2.75, 3.05) is 11.4 Å². The molecule has 0 saturated carbocycles. The summed E-state index contributed by atoms with van der Waals surface area (Å²) in [5, 5.41) is 0.171. The fourth-order valence-electron chi connectivity index (χ4n) is 2.29. The maximum atomic E-state index is 12.6. The number of anilines is 1. The Kier molecular flexibility index (Phi) is 2.94. The Balaban J connectivity index is 2.19. The first kappa shape index (κ1) is 12.7. The molecule has 0 spiro atoms. The second kappa shape index (κ2) is 4.64. The molecule has 0 aliphatic carbocycles. The third-order valence-corrected chi connectivity index (χ3v) is 3.96. The topological polar surface area (TPSA) is 75.8 Å². The first-order valence-electron chi connectivity index (χ1n) is 5.96. The SMILES string of the molecule is C=CCN1C(=O)/C(=C2\SC(N)=NC2=O)c2ccccc21. The fourth-order valence-corrected chi connectivity index (χ4v) is 3.06. The molecule has 0 fully saturated rings. The lowest BCUT2D eigenvalue weighted by Gasteiger charge is -2.13. The molecule has 3 rings (SSSR count). The highest BCUT2D eigenvalue weighted by Crippen LogP contribution is 2.42. The quantitative estimate of drug-likeness (QED) is 0.660. The number of aliphatic imine (C=N–C) groups is 1. The van der Waals surface area contributed by atoms with Gasteiger partial charge < -0.3 is 10.6 Å². The minimum atomic E-state index is -0.453. The van der Waals surface area contributed by atoms with Crippen LogP contribution in [0.1, 0.15) is 5.56 Å². The molecule has 100 valence electrons. The van der Waals surface area contributed by atoms with Crippen LogP contribution in [-0.2, 0) is 9.59 Å². The summed E-state index contributed by atoms with van der Waals surface area (Å²) in [6.45, 7) is 4.05. The minimum absolute atomic E-state index is 0.171. The van der Waals surface area contributed by atoms with Gasteiger partial charge in [-0.05, 0) is 17.8 Å². The molecular weight excluding hydrogens is 274 g/mol. The van der Waals surface area contributed by atoms with Crippen LogP contribution in [0.4, 0.5) is 5.69 Å². The van der Waals surface area contributed by atoms with E-state index in [-0.39, 0.29) is 11.1 Å².